The molecule has 1 fully saturated rings. The minimum atomic E-state index is 0.664. The highest BCUT2D eigenvalue weighted by Crippen LogP contribution is 2.20. The van der Waals surface area contributed by atoms with Crippen LogP contribution in [0.2, 0.25) is 0 Å². The molecule has 1 atom stereocenters. The molecule has 1 N–H and O–H groups in total. The summed E-state index contributed by atoms with van der Waals surface area (Å²) in [6.45, 7) is 4.39. The smallest absolute Gasteiger partial charge is 0.105 e. The number of imidazole rings is 1. The van der Waals surface area contributed by atoms with Crippen molar-refractivity contribution in [2.45, 2.75) is 32.2 Å². The molecule has 0 radical (unpaired) electrons. The summed E-state index contributed by atoms with van der Waals surface area (Å²) in [5.41, 5.74) is 0. The van der Waals surface area contributed by atoms with Crippen molar-refractivity contribution in [2.75, 3.05) is 13.1 Å². The van der Waals surface area contributed by atoms with Gasteiger partial charge in [0.05, 0.1) is 0 Å². The maximum Gasteiger partial charge on any atom is 0.105 e. The van der Waals surface area contributed by atoms with Gasteiger partial charge in [0.2, 0.25) is 0 Å². The maximum absolute atomic E-state index is 4.26. The molecule has 72 valence electrons. The molecular weight excluding hydrogens is 162 g/mol. The molecule has 0 aliphatic carbocycles. The molecule has 3 nitrogen and oxygen atoms in total. The van der Waals surface area contributed by atoms with Crippen molar-refractivity contribution >= 4 is 0 Å². The molecule has 13 heavy (non-hydrogen) atoms. The number of rotatable bonds is 1. The van der Waals surface area contributed by atoms with Crippen molar-refractivity contribution in [3.8, 4) is 0 Å². The first kappa shape index (κ1) is 8.75. The number of hydrogen-bond donors (Lipinski definition) is 1. The largest absolute Gasteiger partial charge is 0.332 e. The Balaban J connectivity index is 2.10. The lowest BCUT2D eigenvalue weighted by Crippen LogP contribution is -2.15. The monoisotopic (exact) mass is 179 g/mol. The normalized spacial score (nSPS) is 24.2. The van der Waals surface area contributed by atoms with E-state index in [1.54, 1.807) is 0 Å². The van der Waals surface area contributed by atoms with Gasteiger partial charge in [-0.1, -0.05) is 0 Å². The zero-order chi connectivity index (χ0) is 9.10. The van der Waals surface area contributed by atoms with Crippen LogP contribution in [-0.2, 0) is 0 Å². The SMILES string of the molecule is Cc1nccn1C1CCCNCC1. The van der Waals surface area contributed by atoms with E-state index in [0.717, 1.165) is 12.4 Å². The standard InChI is InChI=1S/C10H17N3/c1-9-12-7-8-13(9)10-3-2-5-11-6-4-10/h7-8,10-11H,2-6H2,1H3. The van der Waals surface area contributed by atoms with Gasteiger partial charge in [0.1, 0.15) is 5.82 Å². The average molecular weight is 179 g/mol. The van der Waals surface area contributed by atoms with E-state index in [4.69, 9.17) is 0 Å². The van der Waals surface area contributed by atoms with Gasteiger partial charge in [-0.3, -0.25) is 0 Å². The molecular formula is C10H17N3. The molecule has 3 heteroatoms. The predicted octanol–water partition coefficient (Wildman–Crippen LogP) is 1.51. The van der Waals surface area contributed by atoms with Gasteiger partial charge in [0.15, 0.2) is 0 Å². The van der Waals surface area contributed by atoms with Gasteiger partial charge < -0.3 is 9.88 Å². The van der Waals surface area contributed by atoms with Crippen molar-refractivity contribution in [1.82, 2.24) is 14.9 Å². The number of aryl methyl sites for hydroxylation is 1. The second-order valence-electron chi connectivity index (χ2n) is 3.72. The third kappa shape index (κ3) is 1.91. The predicted molar refractivity (Wildman–Crippen MR) is 52.7 cm³/mol. The molecule has 0 bridgehead atoms. The number of nitrogens with one attached hydrogen (secondary N) is 1. The van der Waals surface area contributed by atoms with Crippen LogP contribution in [0.25, 0.3) is 0 Å². The summed E-state index contributed by atoms with van der Waals surface area (Å²) in [4.78, 5) is 4.26. The molecule has 1 aliphatic heterocycles. The van der Waals surface area contributed by atoms with Crippen LogP contribution in [0.5, 0.6) is 0 Å². The Bertz CT molecular complexity index is 259. The number of nitrogens with zero attached hydrogens (tertiary/aromatic N) is 2. The first-order valence-electron chi connectivity index (χ1n) is 5.08. The number of aromatic nitrogens is 2. The van der Waals surface area contributed by atoms with Crippen LogP contribution in [0, 0.1) is 6.92 Å². The van der Waals surface area contributed by atoms with E-state index >= 15 is 0 Å². The Kier molecular flexibility index (Phi) is 2.64. The third-order valence-corrected chi connectivity index (χ3v) is 2.80. The third-order valence-electron chi connectivity index (χ3n) is 2.80. The van der Waals surface area contributed by atoms with E-state index in [9.17, 15) is 0 Å². The Labute approximate surface area is 79.2 Å². The van der Waals surface area contributed by atoms with E-state index in [2.05, 4.69) is 28.0 Å². The Morgan fingerprint density at radius 2 is 2.38 bits per heavy atom. The highest BCUT2D eigenvalue weighted by molar-refractivity contribution is 4.92. The van der Waals surface area contributed by atoms with Gasteiger partial charge in [-0.05, 0) is 39.3 Å². The van der Waals surface area contributed by atoms with Crippen molar-refractivity contribution < 1.29 is 0 Å². The van der Waals surface area contributed by atoms with Crippen LogP contribution in [0.3, 0.4) is 0 Å². The number of hydrogen-bond acceptors (Lipinski definition) is 2. The van der Waals surface area contributed by atoms with Crippen LogP contribution in [-0.4, -0.2) is 22.6 Å². The van der Waals surface area contributed by atoms with Gasteiger partial charge >= 0.3 is 0 Å². The summed E-state index contributed by atoms with van der Waals surface area (Å²) in [6, 6.07) is 0.664. The lowest BCUT2D eigenvalue weighted by molar-refractivity contribution is 0.445. The van der Waals surface area contributed by atoms with Crippen LogP contribution < -0.4 is 5.32 Å². The van der Waals surface area contributed by atoms with Gasteiger partial charge in [-0.15, -0.1) is 0 Å². The first-order chi connectivity index (χ1) is 6.38. The zero-order valence-electron chi connectivity index (χ0n) is 8.16. The lowest BCUT2D eigenvalue weighted by Gasteiger charge is -2.16. The molecule has 2 rings (SSSR count). The molecule has 0 spiro atoms. The molecule has 2 heterocycles. The fourth-order valence-corrected chi connectivity index (χ4v) is 2.05. The minimum Gasteiger partial charge on any atom is -0.332 e. The molecule has 1 aromatic rings. The van der Waals surface area contributed by atoms with Gasteiger partial charge in [0, 0.05) is 18.4 Å². The Hall–Kier alpha value is -0.830. The Morgan fingerprint density at radius 1 is 1.46 bits per heavy atom. The maximum atomic E-state index is 4.26. The highest BCUT2D eigenvalue weighted by atomic mass is 15.1. The van der Waals surface area contributed by atoms with Crippen molar-refractivity contribution in [1.29, 1.82) is 0 Å². The molecule has 1 aromatic heterocycles. The molecule has 0 amide bonds. The van der Waals surface area contributed by atoms with Crippen LogP contribution in [0.1, 0.15) is 31.1 Å². The summed E-state index contributed by atoms with van der Waals surface area (Å²) in [7, 11) is 0. The summed E-state index contributed by atoms with van der Waals surface area (Å²) in [6.07, 6.45) is 7.79. The summed E-state index contributed by atoms with van der Waals surface area (Å²) in [5.74, 6) is 1.15. The van der Waals surface area contributed by atoms with E-state index in [1.807, 2.05) is 6.20 Å². The fraction of sp³-hybridized carbons (Fsp3) is 0.700. The van der Waals surface area contributed by atoms with E-state index in [1.165, 1.54) is 25.8 Å². The average Bonchev–Trinajstić information content (AvgIpc) is 2.43. The summed E-state index contributed by atoms with van der Waals surface area (Å²) in [5, 5.41) is 3.42. The lowest BCUT2D eigenvalue weighted by atomic mass is 10.1. The summed E-state index contributed by atoms with van der Waals surface area (Å²) >= 11 is 0. The van der Waals surface area contributed by atoms with Crippen LogP contribution >= 0.6 is 0 Å². The second kappa shape index (κ2) is 3.92. The molecule has 1 aliphatic rings. The van der Waals surface area contributed by atoms with Crippen molar-refractivity contribution in [3.63, 3.8) is 0 Å². The molecule has 0 aromatic carbocycles. The van der Waals surface area contributed by atoms with Crippen molar-refractivity contribution in [2.24, 2.45) is 0 Å². The zero-order valence-corrected chi connectivity index (χ0v) is 8.16. The van der Waals surface area contributed by atoms with Gasteiger partial charge in [-0.2, -0.15) is 0 Å². The van der Waals surface area contributed by atoms with Crippen LogP contribution in [0.4, 0.5) is 0 Å². The molecule has 0 saturated carbocycles. The van der Waals surface area contributed by atoms with E-state index in [-0.39, 0.29) is 0 Å². The minimum absolute atomic E-state index is 0.664. The summed E-state index contributed by atoms with van der Waals surface area (Å²) < 4.78 is 2.31. The van der Waals surface area contributed by atoms with E-state index < -0.39 is 0 Å². The van der Waals surface area contributed by atoms with Gasteiger partial charge in [0.25, 0.3) is 0 Å². The quantitative estimate of drug-likeness (QED) is 0.708. The molecule has 1 saturated heterocycles. The Morgan fingerprint density at radius 3 is 3.15 bits per heavy atom. The van der Waals surface area contributed by atoms with Crippen molar-refractivity contribution in [3.05, 3.63) is 18.2 Å². The second-order valence-corrected chi connectivity index (χ2v) is 3.72. The topological polar surface area (TPSA) is 29.9 Å². The molecule has 1 unspecified atom stereocenters. The highest BCUT2D eigenvalue weighted by Gasteiger charge is 2.14. The van der Waals surface area contributed by atoms with Gasteiger partial charge in [-0.25, -0.2) is 4.98 Å². The fourth-order valence-electron chi connectivity index (χ4n) is 2.05. The van der Waals surface area contributed by atoms with Crippen LogP contribution in [0.15, 0.2) is 12.4 Å². The first-order valence-corrected chi connectivity index (χ1v) is 5.08. The van der Waals surface area contributed by atoms with E-state index in [0.29, 0.717) is 6.04 Å².